The van der Waals surface area contributed by atoms with Crippen molar-refractivity contribution >= 4 is 17.2 Å². The Kier molecular flexibility index (Phi) is 5.90. The highest BCUT2D eigenvalue weighted by molar-refractivity contribution is 7.10. The summed E-state index contributed by atoms with van der Waals surface area (Å²) in [6.45, 7) is 3.75. The van der Waals surface area contributed by atoms with Crippen LogP contribution in [0.3, 0.4) is 0 Å². The molecule has 1 N–H and O–H groups in total. The lowest BCUT2D eigenvalue weighted by Crippen LogP contribution is -2.38. The van der Waals surface area contributed by atoms with Gasteiger partial charge in [-0.1, -0.05) is 35.9 Å². The van der Waals surface area contributed by atoms with E-state index in [1.54, 1.807) is 42.5 Å². The van der Waals surface area contributed by atoms with Crippen LogP contribution in [0.1, 0.15) is 34.5 Å². The molecule has 2 aromatic carbocycles. The van der Waals surface area contributed by atoms with E-state index < -0.39 is 6.10 Å². The van der Waals surface area contributed by atoms with Crippen molar-refractivity contribution in [1.82, 2.24) is 5.32 Å². The predicted molar refractivity (Wildman–Crippen MR) is 107 cm³/mol. The largest absolute Gasteiger partial charge is 0.481 e. The zero-order valence-electron chi connectivity index (χ0n) is 15.2. The minimum absolute atomic E-state index is 0.196. The molecule has 1 heterocycles. The molecule has 2 atom stereocenters. The van der Waals surface area contributed by atoms with Gasteiger partial charge in [-0.2, -0.15) is 5.26 Å². The maximum atomic E-state index is 12.7. The average Bonchev–Trinajstić information content (AvgIpc) is 3.22. The minimum atomic E-state index is -0.661. The van der Waals surface area contributed by atoms with Crippen molar-refractivity contribution < 1.29 is 9.53 Å². The fraction of sp³-hybridized carbons (Fsp3) is 0.182. The van der Waals surface area contributed by atoms with Crippen LogP contribution >= 0.6 is 11.3 Å². The Bertz CT molecular complexity index is 926. The van der Waals surface area contributed by atoms with Crippen LogP contribution in [0.25, 0.3) is 0 Å². The van der Waals surface area contributed by atoms with E-state index in [1.807, 2.05) is 48.7 Å². The maximum Gasteiger partial charge on any atom is 0.261 e. The van der Waals surface area contributed by atoms with Crippen LogP contribution in [-0.4, -0.2) is 12.0 Å². The fourth-order valence-corrected chi connectivity index (χ4v) is 3.46. The number of nitrogens with zero attached hydrogens (tertiary/aromatic N) is 1. The van der Waals surface area contributed by atoms with Crippen molar-refractivity contribution in [2.45, 2.75) is 26.0 Å². The fourth-order valence-electron chi connectivity index (χ4n) is 2.66. The van der Waals surface area contributed by atoms with Gasteiger partial charge in [0.25, 0.3) is 5.91 Å². The van der Waals surface area contributed by atoms with E-state index in [-0.39, 0.29) is 11.9 Å². The zero-order chi connectivity index (χ0) is 19.2. The van der Waals surface area contributed by atoms with Crippen molar-refractivity contribution in [3.05, 3.63) is 87.6 Å². The normalized spacial score (nSPS) is 12.6. The first-order valence-electron chi connectivity index (χ1n) is 8.64. The molecule has 0 saturated carbocycles. The minimum Gasteiger partial charge on any atom is -0.481 e. The smallest absolute Gasteiger partial charge is 0.261 e. The number of hydrogen-bond acceptors (Lipinski definition) is 4. The molecule has 5 heteroatoms. The molecule has 0 aliphatic rings. The number of carbonyl (C=O) groups excluding carboxylic acids is 1. The van der Waals surface area contributed by atoms with Crippen LogP contribution in [0.2, 0.25) is 0 Å². The topological polar surface area (TPSA) is 62.1 Å². The van der Waals surface area contributed by atoms with Crippen LogP contribution in [0.4, 0.5) is 0 Å². The van der Waals surface area contributed by atoms with Gasteiger partial charge in [0.1, 0.15) is 5.75 Å². The molecule has 2 unspecified atom stereocenters. The Morgan fingerprint density at radius 1 is 1.11 bits per heavy atom. The molecule has 3 aromatic rings. The number of amides is 1. The van der Waals surface area contributed by atoms with Crippen LogP contribution in [0, 0.1) is 18.3 Å². The third-order valence-corrected chi connectivity index (χ3v) is 5.13. The van der Waals surface area contributed by atoms with Gasteiger partial charge in [-0.25, -0.2) is 0 Å². The van der Waals surface area contributed by atoms with Crippen molar-refractivity contribution in [2.24, 2.45) is 0 Å². The van der Waals surface area contributed by atoms with E-state index in [1.165, 1.54) is 5.56 Å². The lowest BCUT2D eigenvalue weighted by molar-refractivity contribution is -0.127. The van der Waals surface area contributed by atoms with E-state index in [0.717, 1.165) is 10.4 Å². The monoisotopic (exact) mass is 376 g/mol. The molecule has 0 aliphatic heterocycles. The summed E-state index contributed by atoms with van der Waals surface area (Å²) in [6, 6.07) is 20.7. The molecule has 0 bridgehead atoms. The van der Waals surface area contributed by atoms with E-state index in [9.17, 15) is 4.79 Å². The summed E-state index contributed by atoms with van der Waals surface area (Å²) in [5.74, 6) is 0.359. The molecule has 0 aliphatic carbocycles. The summed E-state index contributed by atoms with van der Waals surface area (Å²) >= 11 is 1.61. The molecular weight excluding hydrogens is 356 g/mol. The van der Waals surface area contributed by atoms with Crippen molar-refractivity contribution in [1.29, 1.82) is 5.26 Å². The average molecular weight is 376 g/mol. The van der Waals surface area contributed by atoms with Crippen LogP contribution < -0.4 is 10.1 Å². The highest BCUT2D eigenvalue weighted by Gasteiger charge is 2.22. The molecule has 27 heavy (non-hydrogen) atoms. The van der Waals surface area contributed by atoms with Gasteiger partial charge in [-0.3, -0.25) is 4.79 Å². The summed E-state index contributed by atoms with van der Waals surface area (Å²) in [5.41, 5.74) is 2.76. The second-order valence-corrected chi connectivity index (χ2v) is 7.24. The molecule has 4 nitrogen and oxygen atoms in total. The first kappa shape index (κ1) is 18.7. The molecular formula is C22H20N2O2S. The molecule has 1 amide bonds. The van der Waals surface area contributed by atoms with Gasteiger partial charge in [-0.15, -0.1) is 11.3 Å². The summed E-state index contributed by atoms with van der Waals surface area (Å²) in [6.07, 6.45) is -0.661. The maximum absolute atomic E-state index is 12.7. The van der Waals surface area contributed by atoms with Gasteiger partial charge in [-0.05, 0) is 55.1 Å². The number of benzene rings is 2. The van der Waals surface area contributed by atoms with Gasteiger partial charge in [0.05, 0.1) is 17.7 Å². The lowest BCUT2D eigenvalue weighted by atomic mass is 10.0. The second kappa shape index (κ2) is 8.52. The summed E-state index contributed by atoms with van der Waals surface area (Å²) in [4.78, 5) is 13.8. The molecule has 1 aromatic heterocycles. The Morgan fingerprint density at radius 3 is 2.41 bits per heavy atom. The number of hydrogen-bond donors (Lipinski definition) is 1. The molecule has 0 fully saturated rings. The Hall–Kier alpha value is -3.10. The van der Waals surface area contributed by atoms with Crippen LogP contribution in [-0.2, 0) is 4.79 Å². The van der Waals surface area contributed by atoms with E-state index in [0.29, 0.717) is 11.3 Å². The van der Waals surface area contributed by atoms with E-state index >= 15 is 0 Å². The highest BCUT2D eigenvalue weighted by atomic mass is 32.1. The number of nitriles is 1. The number of carbonyl (C=O) groups is 1. The lowest BCUT2D eigenvalue weighted by Gasteiger charge is -2.21. The van der Waals surface area contributed by atoms with Gasteiger partial charge >= 0.3 is 0 Å². The first-order chi connectivity index (χ1) is 13.1. The number of ether oxygens (including phenoxy) is 1. The molecule has 0 saturated heterocycles. The van der Waals surface area contributed by atoms with Crippen molar-refractivity contribution in [2.75, 3.05) is 0 Å². The van der Waals surface area contributed by atoms with Crippen molar-refractivity contribution in [3.63, 3.8) is 0 Å². The van der Waals surface area contributed by atoms with Crippen molar-refractivity contribution in [3.8, 4) is 11.8 Å². The number of thiophene rings is 1. The third kappa shape index (κ3) is 4.75. The molecule has 3 rings (SSSR count). The van der Waals surface area contributed by atoms with E-state index in [2.05, 4.69) is 11.4 Å². The number of nitrogens with one attached hydrogen (secondary N) is 1. The standard InChI is InChI=1S/C22H20N2O2S/c1-15-5-9-18(10-6-15)21(20-4-3-13-27-20)24-22(25)16(2)26-19-11-7-17(14-23)8-12-19/h3-13,16,21H,1-2H3,(H,24,25). The molecule has 136 valence electrons. The van der Waals surface area contributed by atoms with Crippen LogP contribution in [0.5, 0.6) is 5.75 Å². The second-order valence-electron chi connectivity index (χ2n) is 6.26. The van der Waals surface area contributed by atoms with Crippen LogP contribution in [0.15, 0.2) is 66.0 Å². The summed E-state index contributed by atoms with van der Waals surface area (Å²) in [5, 5.41) is 14.0. The van der Waals surface area contributed by atoms with E-state index in [4.69, 9.17) is 10.00 Å². The molecule has 0 radical (unpaired) electrons. The van der Waals surface area contributed by atoms with Gasteiger partial charge in [0, 0.05) is 4.88 Å². The van der Waals surface area contributed by atoms with Gasteiger partial charge < -0.3 is 10.1 Å². The number of aryl methyl sites for hydroxylation is 1. The van der Waals surface area contributed by atoms with Gasteiger partial charge in [0.2, 0.25) is 0 Å². The zero-order valence-corrected chi connectivity index (χ0v) is 16.0. The summed E-state index contributed by atoms with van der Waals surface area (Å²) < 4.78 is 5.73. The first-order valence-corrected chi connectivity index (χ1v) is 9.52. The quantitative estimate of drug-likeness (QED) is 0.684. The summed E-state index contributed by atoms with van der Waals surface area (Å²) in [7, 11) is 0. The Balaban J connectivity index is 1.73. The number of rotatable bonds is 6. The van der Waals surface area contributed by atoms with Gasteiger partial charge in [0.15, 0.2) is 6.10 Å². The SMILES string of the molecule is Cc1ccc(C(NC(=O)C(C)Oc2ccc(C#N)cc2)c2cccs2)cc1. The third-order valence-electron chi connectivity index (χ3n) is 4.19. The molecule has 0 spiro atoms. The predicted octanol–water partition coefficient (Wildman–Crippen LogP) is 4.60. The highest BCUT2D eigenvalue weighted by Crippen LogP contribution is 2.26. The Labute approximate surface area is 163 Å². The Morgan fingerprint density at radius 2 is 1.81 bits per heavy atom.